The van der Waals surface area contributed by atoms with Crippen LogP contribution in [0.4, 0.5) is 0 Å². The molecule has 0 amide bonds. The predicted octanol–water partition coefficient (Wildman–Crippen LogP) is 2.33. The van der Waals surface area contributed by atoms with Crippen LogP contribution in [0.1, 0.15) is 10.4 Å². The van der Waals surface area contributed by atoms with Gasteiger partial charge in [-0.05, 0) is 36.4 Å². The summed E-state index contributed by atoms with van der Waals surface area (Å²) in [5.41, 5.74) is 0.350. The lowest BCUT2D eigenvalue weighted by Gasteiger charge is -2.07. The van der Waals surface area contributed by atoms with Crippen molar-refractivity contribution in [1.29, 1.82) is 4.78 Å². The number of nitrogens with zero attached hydrogens (tertiary/aromatic N) is 1. The van der Waals surface area contributed by atoms with E-state index in [9.17, 15) is 9.00 Å². The van der Waals surface area contributed by atoms with E-state index in [1.54, 1.807) is 18.2 Å². The van der Waals surface area contributed by atoms with Crippen molar-refractivity contribution >= 4 is 15.7 Å². The summed E-state index contributed by atoms with van der Waals surface area (Å²) in [7, 11) is -1.86. The maximum Gasteiger partial charge on any atom is 0.337 e. The minimum atomic E-state index is -3.15. The second-order valence-electron chi connectivity index (χ2n) is 3.74. The van der Waals surface area contributed by atoms with Gasteiger partial charge in [-0.25, -0.2) is 18.8 Å². The van der Waals surface area contributed by atoms with E-state index >= 15 is 0 Å². The number of benzene rings is 1. The Kier molecular flexibility index (Phi) is 3.62. The second kappa shape index (κ2) is 5.19. The largest absolute Gasteiger partial charge is 0.465 e. The van der Waals surface area contributed by atoms with Gasteiger partial charge in [0.25, 0.3) is 0 Å². The lowest BCUT2D eigenvalue weighted by atomic mass is 10.2. The molecule has 1 N–H and O–H groups in total. The van der Waals surface area contributed by atoms with Gasteiger partial charge in [-0.2, -0.15) is 0 Å². The first kappa shape index (κ1) is 13.2. The van der Waals surface area contributed by atoms with Crippen LogP contribution >= 0.6 is 0 Å². The number of carbonyl (C=O) groups excluding carboxylic acids is 1. The Balaban J connectivity index is 2.40. The van der Waals surface area contributed by atoms with Gasteiger partial charge in [-0.15, -0.1) is 0 Å². The van der Waals surface area contributed by atoms with Crippen LogP contribution in [0.5, 0.6) is 0 Å². The van der Waals surface area contributed by atoms with E-state index in [0.29, 0.717) is 10.5 Å². The number of methoxy groups -OCH3 is 1. The van der Waals surface area contributed by atoms with Gasteiger partial charge in [0.05, 0.1) is 17.6 Å². The molecule has 0 bridgehead atoms. The Labute approximate surface area is 111 Å². The van der Waals surface area contributed by atoms with Crippen molar-refractivity contribution in [2.75, 3.05) is 7.11 Å². The van der Waals surface area contributed by atoms with Crippen molar-refractivity contribution in [1.82, 2.24) is 4.98 Å². The molecule has 5 nitrogen and oxygen atoms in total. The van der Waals surface area contributed by atoms with Gasteiger partial charge in [0.15, 0.2) is 0 Å². The van der Waals surface area contributed by atoms with Crippen molar-refractivity contribution in [3.8, 4) is 0 Å². The van der Waals surface area contributed by atoms with Crippen molar-refractivity contribution < 1.29 is 13.7 Å². The normalized spacial score (nSPS) is 13.5. The minimum Gasteiger partial charge on any atom is -0.465 e. The van der Waals surface area contributed by atoms with Crippen molar-refractivity contribution in [3.63, 3.8) is 0 Å². The van der Waals surface area contributed by atoms with Crippen molar-refractivity contribution in [2.24, 2.45) is 0 Å². The van der Waals surface area contributed by atoms with E-state index in [2.05, 4.69) is 9.72 Å². The third-order valence-electron chi connectivity index (χ3n) is 2.54. The number of pyridine rings is 1. The summed E-state index contributed by atoms with van der Waals surface area (Å²) in [6.45, 7) is 0. The maximum atomic E-state index is 12.4. The lowest BCUT2D eigenvalue weighted by molar-refractivity contribution is 0.0600. The Bertz CT molecular complexity index is 680. The Hall–Kier alpha value is -2.21. The molecule has 1 aromatic heterocycles. The van der Waals surface area contributed by atoms with Crippen LogP contribution in [-0.2, 0) is 14.5 Å². The molecule has 0 aliphatic carbocycles. The summed E-state index contributed by atoms with van der Waals surface area (Å²) in [6.07, 6.45) is 1.49. The van der Waals surface area contributed by atoms with Crippen LogP contribution < -0.4 is 0 Å². The molecule has 6 heteroatoms. The van der Waals surface area contributed by atoms with E-state index in [4.69, 9.17) is 4.78 Å². The number of ether oxygens (including phenoxy) is 1. The molecule has 1 atom stereocenters. The Morgan fingerprint density at radius 1 is 1.21 bits per heavy atom. The molecule has 1 aromatic carbocycles. The number of hydrogen-bond acceptors (Lipinski definition) is 5. The summed E-state index contributed by atoms with van der Waals surface area (Å²) in [4.78, 5) is 15.5. The first-order chi connectivity index (χ1) is 9.05. The van der Waals surface area contributed by atoms with Crippen LogP contribution in [0.2, 0.25) is 0 Å². The molecule has 0 fully saturated rings. The van der Waals surface area contributed by atoms with Crippen LogP contribution in [0.3, 0.4) is 0 Å². The topological polar surface area (TPSA) is 80.1 Å². The average Bonchev–Trinajstić information content (AvgIpc) is 2.47. The molecule has 0 aliphatic rings. The minimum absolute atomic E-state index is 0.195. The molecule has 0 saturated heterocycles. The van der Waals surface area contributed by atoms with Gasteiger partial charge in [0.1, 0.15) is 14.8 Å². The molecule has 0 aliphatic heterocycles. The smallest absolute Gasteiger partial charge is 0.337 e. The van der Waals surface area contributed by atoms with Crippen LogP contribution in [0, 0.1) is 4.78 Å². The quantitative estimate of drug-likeness (QED) is 0.872. The molecular formula is C13H12N2O3S. The number of rotatable bonds is 3. The molecule has 98 valence electrons. The number of aromatic nitrogens is 1. The highest BCUT2D eigenvalue weighted by Gasteiger charge is 2.15. The fraction of sp³-hybridized carbons (Fsp3) is 0.0769. The monoisotopic (exact) mass is 276 g/mol. The van der Waals surface area contributed by atoms with Gasteiger partial charge in [0, 0.05) is 6.20 Å². The molecular weight excluding hydrogens is 264 g/mol. The highest BCUT2D eigenvalue weighted by atomic mass is 32.2. The zero-order valence-electron chi connectivity index (χ0n) is 10.2. The van der Waals surface area contributed by atoms with Crippen molar-refractivity contribution in [2.45, 2.75) is 9.92 Å². The second-order valence-corrected chi connectivity index (χ2v) is 5.74. The highest BCUT2D eigenvalue weighted by Crippen LogP contribution is 2.20. The van der Waals surface area contributed by atoms with Crippen LogP contribution in [-0.4, -0.2) is 22.3 Å². The Morgan fingerprint density at radius 2 is 1.89 bits per heavy atom. The van der Waals surface area contributed by atoms with E-state index in [1.807, 2.05) is 0 Å². The van der Waals surface area contributed by atoms with Gasteiger partial charge in [-0.1, -0.05) is 6.07 Å². The standard InChI is InChI=1S/C13H12N2O3S/c1-18-13(16)10-5-7-11(8-6-10)19(14,17)12-4-2-3-9-15-12/h2-9,14H,1H3. The fourth-order valence-corrected chi connectivity index (χ4v) is 2.78. The maximum absolute atomic E-state index is 12.4. The number of carbonyl (C=O) groups is 1. The van der Waals surface area contributed by atoms with E-state index in [-0.39, 0.29) is 5.03 Å². The zero-order valence-corrected chi connectivity index (χ0v) is 11.0. The summed E-state index contributed by atoms with van der Waals surface area (Å²) >= 11 is 0. The van der Waals surface area contributed by atoms with E-state index in [0.717, 1.165) is 0 Å². The molecule has 19 heavy (non-hydrogen) atoms. The number of nitrogens with one attached hydrogen (secondary N) is 1. The zero-order chi connectivity index (χ0) is 13.9. The summed E-state index contributed by atoms with van der Waals surface area (Å²) < 4.78 is 25.0. The number of esters is 1. The molecule has 0 radical (unpaired) electrons. The van der Waals surface area contributed by atoms with E-state index in [1.165, 1.54) is 37.6 Å². The molecule has 1 unspecified atom stereocenters. The predicted molar refractivity (Wildman–Crippen MR) is 69.4 cm³/mol. The lowest BCUT2D eigenvalue weighted by Crippen LogP contribution is -2.04. The SMILES string of the molecule is COC(=O)c1ccc(S(=N)(=O)c2ccccn2)cc1. The summed E-state index contributed by atoms with van der Waals surface area (Å²) in [6, 6.07) is 10.9. The molecule has 0 saturated carbocycles. The highest BCUT2D eigenvalue weighted by molar-refractivity contribution is 7.92. The molecule has 2 aromatic rings. The first-order valence-corrected chi connectivity index (χ1v) is 7.00. The van der Waals surface area contributed by atoms with Gasteiger partial charge < -0.3 is 4.74 Å². The van der Waals surface area contributed by atoms with Gasteiger partial charge in [-0.3, -0.25) is 0 Å². The average molecular weight is 276 g/mol. The number of hydrogen-bond donors (Lipinski definition) is 1. The van der Waals surface area contributed by atoms with E-state index < -0.39 is 15.7 Å². The fourth-order valence-electron chi connectivity index (χ4n) is 1.54. The molecule has 2 rings (SSSR count). The Morgan fingerprint density at radius 3 is 2.42 bits per heavy atom. The van der Waals surface area contributed by atoms with Gasteiger partial charge in [0.2, 0.25) is 0 Å². The van der Waals surface area contributed by atoms with Crippen LogP contribution in [0.25, 0.3) is 0 Å². The third-order valence-corrected chi connectivity index (χ3v) is 4.31. The third kappa shape index (κ3) is 2.63. The van der Waals surface area contributed by atoms with Crippen molar-refractivity contribution in [3.05, 3.63) is 54.2 Å². The summed E-state index contributed by atoms with van der Waals surface area (Å²) in [5, 5.41) is 0.195. The van der Waals surface area contributed by atoms with Crippen LogP contribution in [0.15, 0.2) is 58.6 Å². The molecule has 1 heterocycles. The summed E-state index contributed by atoms with van der Waals surface area (Å²) in [5.74, 6) is -0.471. The van der Waals surface area contributed by atoms with Gasteiger partial charge >= 0.3 is 5.97 Å². The first-order valence-electron chi connectivity index (χ1n) is 5.44. The molecule has 0 spiro atoms.